The van der Waals surface area contributed by atoms with Gasteiger partial charge in [-0.05, 0) is 36.8 Å². The second-order valence-corrected chi connectivity index (χ2v) is 8.11. The van der Waals surface area contributed by atoms with Crippen LogP contribution in [0, 0.1) is 0 Å². The number of fused-ring (bicyclic) bond motifs is 1. The molecule has 0 saturated heterocycles. The number of allylic oxidation sites excluding steroid dienone is 1. The molecule has 5 nitrogen and oxygen atoms in total. The van der Waals surface area contributed by atoms with Crippen LogP contribution in [-0.4, -0.2) is 31.5 Å². The van der Waals surface area contributed by atoms with Crippen molar-refractivity contribution in [3.05, 3.63) is 65.7 Å². The largest absolute Gasteiger partial charge is 0.335 e. The van der Waals surface area contributed by atoms with Crippen LogP contribution in [0.2, 0.25) is 0 Å². The number of anilines is 1. The molecule has 0 atom stereocenters. The molecule has 3 rings (SSSR count). The van der Waals surface area contributed by atoms with Gasteiger partial charge in [0.15, 0.2) is 0 Å². The lowest BCUT2D eigenvalue weighted by Gasteiger charge is -2.19. The van der Waals surface area contributed by atoms with Crippen LogP contribution < -0.4 is 4.90 Å². The summed E-state index contributed by atoms with van der Waals surface area (Å²) in [5.74, 6) is -0.248. The Morgan fingerprint density at radius 2 is 1.80 bits per heavy atom. The summed E-state index contributed by atoms with van der Waals surface area (Å²) >= 11 is 1.62. The van der Waals surface area contributed by atoms with Crippen LogP contribution in [0.4, 0.5) is 11.4 Å². The molecule has 1 heterocycles. The highest BCUT2D eigenvalue weighted by Gasteiger charge is 2.24. The maximum Gasteiger partial charge on any atom is 0.264 e. The average Bonchev–Trinajstić information content (AvgIpc) is 2.93. The minimum absolute atomic E-state index is 0.248. The molecule has 0 saturated carbocycles. The van der Waals surface area contributed by atoms with E-state index >= 15 is 0 Å². The van der Waals surface area contributed by atoms with E-state index in [1.54, 1.807) is 18.0 Å². The molecule has 130 valence electrons. The van der Waals surface area contributed by atoms with Crippen molar-refractivity contribution in [1.29, 1.82) is 0 Å². The average molecular weight is 374 g/mol. The normalized spacial score (nSPS) is 15.9. The van der Waals surface area contributed by atoms with E-state index < -0.39 is 10.1 Å². The van der Waals surface area contributed by atoms with Crippen molar-refractivity contribution in [3.63, 3.8) is 0 Å². The van der Waals surface area contributed by atoms with Crippen LogP contribution in [0.5, 0.6) is 0 Å². The number of para-hydroxylation sites is 2. The molecule has 1 aliphatic rings. The first-order valence-electron chi connectivity index (χ1n) is 7.82. The van der Waals surface area contributed by atoms with Crippen molar-refractivity contribution in [3.8, 4) is 0 Å². The first-order valence-corrected chi connectivity index (χ1v) is 10.2. The Hall–Kier alpha value is -2.09. The third-order valence-electron chi connectivity index (χ3n) is 3.62. The molecule has 0 aromatic heterocycles. The van der Waals surface area contributed by atoms with Crippen LogP contribution in [0.1, 0.15) is 6.42 Å². The lowest BCUT2D eigenvalue weighted by molar-refractivity contribution is 0.481. The first-order chi connectivity index (χ1) is 12.0. The van der Waals surface area contributed by atoms with Gasteiger partial charge >= 0.3 is 0 Å². The fourth-order valence-corrected chi connectivity index (χ4v) is 4.09. The van der Waals surface area contributed by atoms with Crippen molar-refractivity contribution in [2.75, 3.05) is 17.2 Å². The number of rotatable bonds is 6. The Morgan fingerprint density at radius 1 is 1.08 bits per heavy atom. The summed E-state index contributed by atoms with van der Waals surface area (Å²) in [4.78, 5) is 7.59. The number of benzene rings is 2. The van der Waals surface area contributed by atoms with E-state index in [1.165, 1.54) is 0 Å². The molecule has 7 heteroatoms. The summed E-state index contributed by atoms with van der Waals surface area (Å²) in [6, 6.07) is 17.6. The van der Waals surface area contributed by atoms with Crippen molar-refractivity contribution in [2.24, 2.45) is 4.99 Å². The highest BCUT2D eigenvalue weighted by Crippen LogP contribution is 2.45. The van der Waals surface area contributed by atoms with Crippen LogP contribution in [0.25, 0.3) is 0 Å². The number of thioether (sulfide) groups is 1. The zero-order chi connectivity index (χ0) is 17.7. The quantitative estimate of drug-likeness (QED) is 0.608. The molecule has 2 aromatic carbocycles. The van der Waals surface area contributed by atoms with Gasteiger partial charge in [-0.2, -0.15) is 8.42 Å². The number of hydrogen-bond acceptors (Lipinski definition) is 5. The molecule has 0 fully saturated rings. The molecule has 0 spiro atoms. The summed E-state index contributed by atoms with van der Waals surface area (Å²) in [5.41, 5.74) is 1.92. The fourth-order valence-electron chi connectivity index (χ4n) is 2.51. The Kier molecular flexibility index (Phi) is 5.57. The molecule has 2 aromatic rings. The van der Waals surface area contributed by atoms with Gasteiger partial charge in [-0.15, -0.1) is 0 Å². The van der Waals surface area contributed by atoms with Gasteiger partial charge in [-0.1, -0.05) is 42.1 Å². The van der Waals surface area contributed by atoms with E-state index in [9.17, 15) is 8.42 Å². The predicted octanol–water partition coefficient (Wildman–Crippen LogP) is 4.12. The van der Waals surface area contributed by atoms with Crippen molar-refractivity contribution < 1.29 is 13.0 Å². The van der Waals surface area contributed by atoms with Crippen LogP contribution in [-0.2, 0) is 10.1 Å². The number of aliphatic imine (C=N–C) groups is 1. The molecule has 0 aliphatic carbocycles. The van der Waals surface area contributed by atoms with Crippen molar-refractivity contribution in [1.82, 2.24) is 0 Å². The summed E-state index contributed by atoms with van der Waals surface area (Å²) < 4.78 is 30.8. The molecular formula is C18H18N2O3S2. The SMILES string of the molecule is O=S(=O)(O)CCCN1/C(=C\C=Nc2ccccc2)Sc2ccccc21. The van der Waals surface area contributed by atoms with Gasteiger partial charge in [0.05, 0.1) is 22.2 Å². The summed E-state index contributed by atoms with van der Waals surface area (Å²) in [6.07, 6.45) is 4.02. The smallest absolute Gasteiger partial charge is 0.264 e. The Bertz CT molecular complexity index is 894. The molecular weight excluding hydrogens is 356 g/mol. The fraction of sp³-hybridized carbons (Fsp3) is 0.167. The number of hydrogen-bond donors (Lipinski definition) is 1. The molecule has 0 amide bonds. The third-order valence-corrected chi connectivity index (χ3v) is 5.55. The van der Waals surface area contributed by atoms with Crippen LogP contribution in [0.15, 0.2) is 75.6 Å². The highest BCUT2D eigenvalue weighted by atomic mass is 32.2. The third kappa shape index (κ3) is 4.94. The minimum atomic E-state index is -3.94. The van der Waals surface area contributed by atoms with Crippen molar-refractivity contribution in [2.45, 2.75) is 11.3 Å². The highest BCUT2D eigenvalue weighted by molar-refractivity contribution is 8.03. The van der Waals surface area contributed by atoms with Crippen molar-refractivity contribution >= 4 is 39.5 Å². The lowest BCUT2D eigenvalue weighted by Crippen LogP contribution is -2.21. The molecule has 0 unspecified atom stereocenters. The molecule has 0 radical (unpaired) electrons. The Balaban J connectivity index is 1.77. The van der Waals surface area contributed by atoms with E-state index in [0.717, 1.165) is 21.3 Å². The molecule has 1 aliphatic heterocycles. The number of nitrogens with zero attached hydrogens (tertiary/aromatic N) is 2. The van der Waals surface area contributed by atoms with Gasteiger partial charge in [-0.3, -0.25) is 9.55 Å². The maximum atomic E-state index is 11.0. The molecule has 1 N–H and O–H groups in total. The maximum absolute atomic E-state index is 11.0. The zero-order valence-electron chi connectivity index (χ0n) is 13.4. The molecule has 25 heavy (non-hydrogen) atoms. The van der Waals surface area contributed by atoms with Gasteiger partial charge in [0.25, 0.3) is 10.1 Å². The van der Waals surface area contributed by atoms with Gasteiger partial charge in [0.1, 0.15) is 0 Å². The zero-order valence-corrected chi connectivity index (χ0v) is 15.1. The van der Waals surface area contributed by atoms with Crippen LogP contribution >= 0.6 is 11.8 Å². The minimum Gasteiger partial charge on any atom is -0.335 e. The van der Waals surface area contributed by atoms with E-state index in [0.29, 0.717) is 13.0 Å². The summed E-state index contributed by atoms with van der Waals surface area (Å²) in [7, 11) is -3.94. The summed E-state index contributed by atoms with van der Waals surface area (Å²) in [5, 5.41) is 0.983. The van der Waals surface area contributed by atoms with Gasteiger partial charge < -0.3 is 4.90 Å². The Morgan fingerprint density at radius 3 is 2.56 bits per heavy atom. The first kappa shape index (κ1) is 17.7. The van der Waals surface area contributed by atoms with E-state index in [-0.39, 0.29) is 5.75 Å². The van der Waals surface area contributed by atoms with E-state index in [1.807, 2.05) is 60.7 Å². The van der Waals surface area contributed by atoms with E-state index in [4.69, 9.17) is 4.55 Å². The lowest BCUT2D eigenvalue weighted by atomic mass is 10.3. The summed E-state index contributed by atoms with van der Waals surface area (Å²) in [6.45, 7) is 0.509. The monoisotopic (exact) mass is 374 g/mol. The molecule has 0 bridgehead atoms. The van der Waals surface area contributed by atoms with Crippen LogP contribution in [0.3, 0.4) is 0 Å². The second-order valence-electron chi connectivity index (χ2n) is 5.48. The second kappa shape index (κ2) is 7.86. The Labute approximate surface area is 151 Å². The van der Waals surface area contributed by atoms with Gasteiger partial charge in [0.2, 0.25) is 0 Å². The topological polar surface area (TPSA) is 70.0 Å². The predicted molar refractivity (Wildman–Crippen MR) is 103 cm³/mol. The van der Waals surface area contributed by atoms with Gasteiger partial charge in [0, 0.05) is 17.7 Å². The van der Waals surface area contributed by atoms with Gasteiger partial charge in [-0.25, -0.2) is 0 Å². The standard InChI is InChI=1S/C18H18N2O3S2/c21-25(22,23)14-6-13-20-16-9-4-5-10-17(16)24-18(20)11-12-19-15-7-2-1-3-8-15/h1-5,7-12H,6,13-14H2,(H,21,22,23)/b18-11+,19-12?. The van der Waals surface area contributed by atoms with E-state index in [2.05, 4.69) is 9.89 Å².